The predicted octanol–water partition coefficient (Wildman–Crippen LogP) is -0.725. The molecular weight excluding hydrogens is 178 g/mol. The molecule has 0 amide bonds. The summed E-state index contributed by atoms with van der Waals surface area (Å²) in [6, 6.07) is 0. The molecule has 0 aliphatic carbocycles. The minimum atomic E-state index is -2.83. The fraction of sp³-hybridized carbons (Fsp3) is 1.00. The lowest BCUT2D eigenvalue weighted by atomic mass is 9.90. The van der Waals surface area contributed by atoms with Gasteiger partial charge in [0, 0.05) is 12.1 Å². The standard InChI is InChI=1S/C7H15NO3S/c8-7(1-4-9)2-5-12(10,11)6-3-7/h9H,1-6,8H2. The van der Waals surface area contributed by atoms with Crippen molar-refractivity contribution in [3.63, 3.8) is 0 Å². The number of sulfone groups is 1. The van der Waals surface area contributed by atoms with Gasteiger partial charge in [-0.2, -0.15) is 0 Å². The van der Waals surface area contributed by atoms with Gasteiger partial charge in [-0.1, -0.05) is 0 Å². The summed E-state index contributed by atoms with van der Waals surface area (Å²) < 4.78 is 22.0. The molecule has 3 N–H and O–H groups in total. The zero-order chi connectivity index (χ0) is 9.24. The summed E-state index contributed by atoms with van der Waals surface area (Å²) in [6.45, 7) is 0.0382. The van der Waals surface area contributed by atoms with Crippen LogP contribution in [0.4, 0.5) is 0 Å². The quantitative estimate of drug-likeness (QED) is 0.606. The average molecular weight is 193 g/mol. The van der Waals surface area contributed by atoms with E-state index in [1.807, 2.05) is 0 Å². The second-order valence-corrected chi connectivity index (χ2v) is 5.79. The van der Waals surface area contributed by atoms with Gasteiger partial charge in [0.2, 0.25) is 0 Å². The Kier molecular flexibility index (Phi) is 2.75. The van der Waals surface area contributed by atoms with Crippen molar-refractivity contribution in [3.8, 4) is 0 Å². The second-order valence-electron chi connectivity index (χ2n) is 3.49. The lowest BCUT2D eigenvalue weighted by Gasteiger charge is -2.32. The first-order chi connectivity index (χ1) is 5.47. The van der Waals surface area contributed by atoms with Gasteiger partial charge in [0.25, 0.3) is 0 Å². The molecule has 0 atom stereocenters. The topological polar surface area (TPSA) is 80.4 Å². The average Bonchev–Trinajstić information content (AvgIpc) is 1.98. The van der Waals surface area contributed by atoms with E-state index in [1.165, 1.54) is 0 Å². The summed E-state index contributed by atoms with van der Waals surface area (Å²) in [5.74, 6) is 0.340. The lowest BCUT2D eigenvalue weighted by Crippen LogP contribution is -2.47. The number of hydrogen-bond donors (Lipinski definition) is 2. The molecule has 0 bridgehead atoms. The highest BCUT2D eigenvalue weighted by Crippen LogP contribution is 2.23. The van der Waals surface area contributed by atoms with E-state index in [0.717, 1.165) is 0 Å². The molecule has 72 valence electrons. The van der Waals surface area contributed by atoms with Crippen molar-refractivity contribution >= 4 is 9.84 Å². The molecule has 0 aromatic heterocycles. The minimum Gasteiger partial charge on any atom is -0.396 e. The van der Waals surface area contributed by atoms with Crippen LogP contribution in [0, 0.1) is 0 Å². The molecule has 1 aliphatic rings. The van der Waals surface area contributed by atoms with E-state index in [0.29, 0.717) is 19.3 Å². The van der Waals surface area contributed by atoms with Crippen molar-refractivity contribution in [2.24, 2.45) is 5.73 Å². The molecule has 4 nitrogen and oxygen atoms in total. The first kappa shape index (κ1) is 9.95. The van der Waals surface area contributed by atoms with E-state index in [1.54, 1.807) is 0 Å². The zero-order valence-corrected chi connectivity index (χ0v) is 7.81. The van der Waals surface area contributed by atoms with Crippen molar-refractivity contribution < 1.29 is 13.5 Å². The van der Waals surface area contributed by atoms with Crippen LogP contribution in [0.3, 0.4) is 0 Å². The largest absolute Gasteiger partial charge is 0.396 e. The van der Waals surface area contributed by atoms with Gasteiger partial charge in [0.1, 0.15) is 9.84 Å². The van der Waals surface area contributed by atoms with Crippen molar-refractivity contribution in [2.75, 3.05) is 18.1 Å². The Morgan fingerprint density at radius 3 is 2.25 bits per heavy atom. The van der Waals surface area contributed by atoms with Crippen LogP contribution >= 0.6 is 0 Å². The summed E-state index contributed by atoms with van der Waals surface area (Å²) in [5, 5.41) is 8.68. The number of hydrogen-bond acceptors (Lipinski definition) is 4. The molecular formula is C7H15NO3S. The van der Waals surface area contributed by atoms with Crippen LogP contribution < -0.4 is 5.73 Å². The molecule has 1 fully saturated rings. The number of nitrogens with two attached hydrogens (primary N) is 1. The Morgan fingerprint density at radius 1 is 1.33 bits per heavy atom. The summed E-state index contributed by atoms with van der Waals surface area (Å²) in [5.41, 5.74) is 5.42. The number of rotatable bonds is 2. The lowest BCUT2D eigenvalue weighted by molar-refractivity contribution is 0.228. The van der Waals surface area contributed by atoms with Gasteiger partial charge in [-0.3, -0.25) is 0 Å². The summed E-state index contributed by atoms with van der Waals surface area (Å²) in [6.07, 6.45) is 1.47. The number of aliphatic hydroxyl groups excluding tert-OH is 1. The predicted molar refractivity (Wildman–Crippen MR) is 46.5 cm³/mol. The van der Waals surface area contributed by atoms with Crippen molar-refractivity contribution in [1.29, 1.82) is 0 Å². The van der Waals surface area contributed by atoms with E-state index in [9.17, 15) is 8.42 Å². The van der Waals surface area contributed by atoms with Gasteiger partial charge >= 0.3 is 0 Å². The van der Waals surface area contributed by atoms with Gasteiger partial charge < -0.3 is 10.8 Å². The normalized spacial score (nSPS) is 26.8. The monoisotopic (exact) mass is 193 g/mol. The van der Waals surface area contributed by atoms with E-state index in [2.05, 4.69) is 0 Å². The third kappa shape index (κ3) is 2.43. The highest BCUT2D eigenvalue weighted by Gasteiger charge is 2.32. The Labute approximate surface area is 72.7 Å². The van der Waals surface area contributed by atoms with Crippen molar-refractivity contribution in [1.82, 2.24) is 0 Å². The van der Waals surface area contributed by atoms with Gasteiger partial charge in [0.05, 0.1) is 11.5 Å². The van der Waals surface area contributed by atoms with Crippen LogP contribution in [0.1, 0.15) is 19.3 Å². The molecule has 0 radical (unpaired) electrons. The summed E-state index contributed by atoms with van der Waals surface area (Å²) in [4.78, 5) is 0. The molecule has 1 aliphatic heterocycles. The van der Waals surface area contributed by atoms with E-state index in [4.69, 9.17) is 10.8 Å². The maximum Gasteiger partial charge on any atom is 0.150 e. The van der Waals surface area contributed by atoms with Crippen LogP contribution in [0.25, 0.3) is 0 Å². The van der Waals surface area contributed by atoms with Crippen molar-refractivity contribution in [3.05, 3.63) is 0 Å². The summed E-state index contributed by atoms with van der Waals surface area (Å²) >= 11 is 0. The zero-order valence-electron chi connectivity index (χ0n) is 6.99. The van der Waals surface area contributed by atoms with Gasteiger partial charge in [-0.25, -0.2) is 8.42 Å². The molecule has 1 heterocycles. The van der Waals surface area contributed by atoms with E-state index in [-0.39, 0.29) is 18.1 Å². The van der Waals surface area contributed by atoms with E-state index >= 15 is 0 Å². The second kappa shape index (κ2) is 3.32. The van der Waals surface area contributed by atoms with Crippen LogP contribution in [-0.4, -0.2) is 37.2 Å². The van der Waals surface area contributed by atoms with Gasteiger partial charge in [0.15, 0.2) is 0 Å². The van der Waals surface area contributed by atoms with Crippen LogP contribution in [0.2, 0.25) is 0 Å². The van der Waals surface area contributed by atoms with Gasteiger partial charge in [-0.15, -0.1) is 0 Å². The molecule has 12 heavy (non-hydrogen) atoms. The minimum absolute atomic E-state index is 0.0382. The SMILES string of the molecule is NC1(CCO)CCS(=O)(=O)CC1. The first-order valence-electron chi connectivity index (χ1n) is 4.08. The van der Waals surface area contributed by atoms with Crippen LogP contribution in [0.5, 0.6) is 0 Å². The molecule has 0 aromatic carbocycles. The van der Waals surface area contributed by atoms with Crippen LogP contribution in [-0.2, 0) is 9.84 Å². The molecule has 1 saturated heterocycles. The van der Waals surface area contributed by atoms with Crippen LogP contribution in [0.15, 0.2) is 0 Å². The number of aliphatic hydroxyl groups is 1. The fourth-order valence-corrected chi connectivity index (χ4v) is 3.06. The Morgan fingerprint density at radius 2 is 1.83 bits per heavy atom. The fourth-order valence-electron chi connectivity index (χ4n) is 1.42. The van der Waals surface area contributed by atoms with Gasteiger partial charge in [-0.05, 0) is 19.3 Å². The molecule has 5 heteroatoms. The maximum absolute atomic E-state index is 11.0. The Bertz CT molecular complexity index is 233. The molecule has 0 unspecified atom stereocenters. The smallest absolute Gasteiger partial charge is 0.150 e. The Hall–Kier alpha value is -0.130. The highest BCUT2D eigenvalue weighted by atomic mass is 32.2. The molecule has 0 aromatic rings. The molecule has 1 rings (SSSR count). The molecule has 0 spiro atoms. The van der Waals surface area contributed by atoms with Crippen molar-refractivity contribution in [2.45, 2.75) is 24.8 Å². The third-order valence-electron chi connectivity index (χ3n) is 2.43. The summed E-state index contributed by atoms with van der Waals surface area (Å²) in [7, 11) is -2.83. The highest BCUT2D eigenvalue weighted by molar-refractivity contribution is 7.91. The third-order valence-corrected chi connectivity index (χ3v) is 4.08. The first-order valence-corrected chi connectivity index (χ1v) is 5.90. The Balaban J connectivity index is 2.55. The maximum atomic E-state index is 11.0. The molecule has 0 saturated carbocycles. The van der Waals surface area contributed by atoms with E-state index < -0.39 is 15.4 Å².